The number of rotatable bonds is 6. The third-order valence-corrected chi connectivity index (χ3v) is 3.86. The van der Waals surface area contributed by atoms with Gasteiger partial charge in [-0.3, -0.25) is 4.79 Å². The first-order chi connectivity index (χ1) is 9.74. The first kappa shape index (κ1) is 14.9. The van der Waals surface area contributed by atoms with Crippen LogP contribution in [0.1, 0.15) is 11.8 Å². The molecule has 2 aromatic rings. The molecular formula is C15H16ClNO2S. The molecule has 0 bridgehead atoms. The third kappa shape index (κ3) is 3.74. The van der Waals surface area contributed by atoms with Gasteiger partial charge < -0.3 is 9.64 Å². The van der Waals surface area contributed by atoms with Crippen LogP contribution in [-0.4, -0.2) is 18.4 Å². The van der Waals surface area contributed by atoms with Crippen LogP contribution >= 0.6 is 22.9 Å². The molecule has 0 radical (unpaired) electrons. The van der Waals surface area contributed by atoms with E-state index in [1.54, 1.807) is 16.2 Å². The van der Waals surface area contributed by atoms with Crippen molar-refractivity contribution >= 4 is 34.5 Å². The predicted octanol–water partition coefficient (Wildman–Crippen LogP) is 3.92. The summed E-state index contributed by atoms with van der Waals surface area (Å²) in [5.74, 6) is 0.661. The fraction of sp³-hybridized carbons (Fsp3) is 0.267. The molecule has 1 amide bonds. The van der Waals surface area contributed by atoms with E-state index >= 15 is 0 Å². The van der Waals surface area contributed by atoms with Gasteiger partial charge in [-0.2, -0.15) is 0 Å². The number of hydrogen-bond acceptors (Lipinski definition) is 3. The first-order valence-corrected chi connectivity index (χ1v) is 7.77. The second kappa shape index (κ2) is 7.31. The number of anilines is 1. The molecule has 1 aromatic carbocycles. The van der Waals surface area contributed by atoms with Gasteiger partial charge >= 0.3 is 0 Å². The van der Waals surface area contributed by atoms with Crippen LogP contribution < -0.4 is 9.64 Å². The van der Waals surface area contributed by atoms with E-state index in [4.69, 9.17) is 16.3 Å². The summed E-state index contributed by atoms with van der Waals surface area (Å²) in [6, 6.07) is 11.5. The Morgan fingerprint density at radius 3 is 2.60 bits per heavy atom. The Morgan fingerprint density at radius 2 is 2.05 bits per heavy atom. The van der Waals surface area contributed by atoms with Crippen molar-refractivity contribution in [2.75, 3.05) is 17.4 Å². The lowest BCUT2D eigenvalue weighted by Gasteiger charge is -2.21. The number of ether oxygens (including phenoxy) is 1. The number of halogens is 1. The molecule has 20 heavy (non-hydrogen) atoms. The van der Waals surface area contributed by atoms with Gasteiger partial charge in [0.2, 0.25) is 5.91 Å². The maximum atomic E-state index is 12.0. The highest BCUT2D eigenvalue weighted by Crippen LogP contribution is 2.23. The second-order valence-corrected chi connectivity index (χ2v) is 5.42. The van der Waals surface area contributed by atoms with Crippen molar-refractivity contribution in [2.24, 2.45) is 0 Å². The van der Waals surface area contributed by atoms with E-state index in [0.29, 0.717) is 13.2 Å². The van der Waals surface area contributed by atoms with E-state index < -0.39 is 0 Å². The molecular weight excluding hydrogens is 294 g/mol. The van der Waals surface area contributed by atoms with E-state index in [-0.39, 0.29) is 11.8 Å². The number of carbonyl (C=O) groups is 1. The van der Waals surface area contributed by atoms with Crippen LogP contribution in [0.25, 0.3) is 0 Å². The SMILES string of the molecule is CCOc1ccc(N(Cc2cccs2)C(=O)CCl)cc1. The highest BCUT2D eigenvalue weighted by molar-refractivity contribution is 7.09. The number of amides is 1. The quantitative estimate of drug-likeness (QED) is 0.757. The lowest BCUT2D eigenvalue weighted by atomic mass is 10.2. The van der Waals surface area contributed by atoms with Crippen LogP contribution in [-0.2, 0) is 11.3 Å². The number of nitrogens with zero attached hydrogens (tertiary/aromatic N) is 1. The van der Waals surface area contributed by atoms with Gasteiger partial charge in [-0.1, -0.05) is 6.07 Å². The molecule has 0 aliphatic heterocycles. The number of benzene rings is 1. The minimum Gasteiger partial charge on any atom is -0.494 e. The highest BCUT2D eigenvalue weighted by atomic mass is 35.5. The molecule has 5 heteroatoms. The van der Waals surface area contributed by atoms with E-state index in [2.05, 4.69) is 0 Å². The first-order valence-electron chi connectivity index (χ1n) is 6.36. The van der Waals surface area contributed by atoms with E-state index in [1.807, 2.05) is 48.7 Å². The summed E-state index contributed by atoms with van der Waals surface area (Å²) in [5.41, 5.74) is 0.826. The maximum absolute atomic E-state index is 12.0. The molecule has 3 nitrogen and oxygen atoms in total. The van der Waals surface area contributed by atoms with Crippen LogP contribution in [0.5, 0.6) is 5.75 Å². The number of alkyl halides is 1. The Kier molecular flexibility index (Phi) is 5.44. The van der Waals surface area contributed by atoms with Crippen LogP contribution in [0.2, 0.25) is 0 Å². The topological polar surface area (TPSA) is 29.5 Å². The monoisotopic (exact) mass is 309 g/mol. The highest BCUT2D eigenvalue weighted by Gasteiger charge is 2.15. The molecule has 0 atom stereocenters. The third-order valence-electron chi connectivity index (χ3n) is 2.77. The molecule has 1 heterocycles. The van der Waals surface area contributed by atoms with Crippen molar-refractivity contribution in [1.82, 2.24) is 0 Å². The molecule has 0 unspecified atom stereocenters. The van der Waals surface area contributed by atoms with Crippen LogP contribution in [0, 0.1) is 0 Å². The Morgan fingerprint density at radius 1 is 1.30 bits per heavy atom. The minimum atomic E-state index is -0.107. The molecule has 0 spiro atoms. The lowest BCUT2D eigenvalue weighted by Crippen LogP contribution is -2.30. The van der Waals surface area contributed by atoms with Crippen molar-refractivity contribution in [3.05, 3.63) is 46.7 Å². The molecule has 1 aromatic heterocycles. The van der Waals surface area contributed by atoms with E-state index in [1.165, 1.54) is 0 Å². The van der Waals surface area contributed by atoms with Crippen molar-refractivity contribution in [3.63, 3.8) is 0 Å². The van der Waals surface area contributed by atoms with Gasteiger partial charge in [0.05, 0.1) is 13.2 Å². The normalized spacial score (nSPS) is 10.3. The number of hydrogen-bond donors (Lipinski definition) is 0. The van der Waals surface area contributed by atoms with Gasteiger partial charge in [0.25, 0.3) is 0 Å². The van der Waals surface area contributed by atoms with E-state index in [0.717, 1.165) is 16.3 Å². The summed E-state index contributed by atoms with van der Waals surface area (Å²) in [7, 11) is 0. The zero-order valence-electron chi connectivity index (χ0n) is 11.2. The van der Waals surface area contributed by atoms with Crippen molar-refractivity contribution in [2.45, 2.75) is 13.5 Å². The summed E-state index contributed by atoms with van der Waals surface area (Å²) >= 11 is 7.33. The molecule has 0 saturated heterocycles. The summed E-state index contributed by atoms with van der Waals surface area (Å²) in [5, 5.41) is 2.00. The minimum absolute atomic E-state index is 0.0292. The zero-order valence-corrected chi connectivity index (χ0v) is 12.8. The van der Waals surface area contributed by atoms with Crippen LogP contribution in [0.3, 0.4) is 0 Å². The Hall–Kier alpha value is -1.52. The maximum Gasteiger partial charge on any atom is 0.242 e. The summed E-state index contributed by atoms with van der Waals surface area (Å²) in [4.78, 5) is 14.8. The van der Waals surface area contributed by atoms with Crippen LogP contribution in [0.15, 0.2) is 41.8 Å². The zero-order chi connectivity index (χ0) is 14.4. The molecule has 0 aliphatic carbocycles. The largest absolute Gasteiger partial charge is 0.494 e. The fourth-order valence-electron chi connectivity index (χ4n) is 1.84. The average molecular weight is 310 g/mol. The van der Waals surface area contributed by atoms with E-state index in [9.17, 15) is 4.79 Å². The predicted molar refractivity (Wildman–Crippen MR) is 83.8 cm³/mol. The van der Waals surface area contributed by atoms with Crippen LogP contribution in [0.4, 0.5) is 5.69 Å². The summed E-state index contributed by atoms with van der Waals surface area (Å²) in [6.07, 6.45) is 0. The summed E-state index contributed by atoms with van der Waals surface area (Å²) < 4.78 is 5.41. The Bertz CT molecular complexity index is 540. The molecule has 0 N–H and O–H groups in total. The molecule has 0 fully saturated rings. The number of thiophene rings is 1. The van der Waals surface area contributed by atoms with Gasteiger partial charge in [0, 0.05) is 10.6 Å². The van der Waals surface area contributed by atoms with Crippen molar-refractivity contribution in [1.29, 1.82) is 0 Å². The lowest BCUT2D eigenvalue weighted by molar-refractivity contribution is -0.116. The second-order valence-electron chi connectivity index (χ2n) is 4.12. The van der Waals surface area contributed by atoms with Gasteiger partial charge in [0.15, 0.2) is 0 Å². The van der Waals surface area contributed by atoms with Crippen molar-refractivity contribution < 1.29 is 9.53 Å². The Labute approximate surface area is 127 Å². The smallest absolute Gasteiger partial charge is 0.242 e. The standard InChI is InChI=1S/C15H16ClNO2S/c1-2-19-13-7-5-12(6-8-13)17(15(18)10-16)11-14-4-3-9-20-14/h3-9H,2,10-11H2,1H3. The van der Waals surface area contributed by atoms with Gasteiger partial charge in [-0.05, 0) is 42.6 Å². The average Bonchev–Trinajstić information content (AvgIpc) is 2.98. The van der Waals surface area contributed by atoms with Gasteiger partial charge in [-0.15, -0.1) is 22.9 Å². The number of carbonyl (C=O) groups excluding carboxylic acids is 1. The molecule has 2 rings (SSSR count). The van der Waals surface area contributed by atoms with Crippen molar-refractivity contribution in [3.8, 4) is 5.75 Å². The van der Waals surface area contributed by atoms with Gasteiger partial charge in [0.1, 0.15) is 11.6 Å². The molecule has 106 valence electrons. The fourth-order valence-corrected chi connectivity index (χ4v) is 2.68. The molecule has 0 aliphatic rings. The molecule has 0 saturated carbocycles. The van der Waals surface area contributed by atoms with Gasteiger partial charge in [-0.25, -0.2) is 0 Å². The Balaban J connectivity index is 2.19. The summed E-state index contributed by atoms with van der Waals surface area (Å²) in [6.45, 7) is 3.10.